The van der Waals surface area contributed by atoms with E-state index in [9.17, 15) is 0 Å². The second-order valence-electron chi connectivity index (χ2n) is 5.47. The van der Waals surface area contributed by atoms with E-state index in [1.54, 1.807) is 7.11 Å². The largest absolute Gasteiger partial charge is 0.496 e. The Kier molecular flexibility index (Phi) is 5.39. The fourth-order valence-corrected chi connectivity index (χ4v) is 2.59. The van der Waals surface area contributed by atoms with Gasteiger partial charge in [0.1, 0.15) is 5.75 Å². The van der Waals surface area contributed by atoms with Gasteiger partial charge in [-0.3, -0.25) is 0 Å². The molecular formula is C17H25N3O. The number of hydrogen-bond acceptors (Lipinski definition) is 3. The van der Waals surface area contributed by atoms with Gasteiger partial charge in [0, 0.05) is 30.4 Å². The van der Waals surface area contributed by atoms with Gasteiger partial charge in [0.2, 0.25) is 0 Å². The van der Waals surface area contributed by atoms with Gasteiger partial charge >= 0.3 is 0 Å². The fraction of sp³-hybridized carbons (Fsp3) is 0.471. The van der Waals surface area contributed by atoms with Gasteiger partial charge in [-0.1, -0.05) is 25.1 Å². The normalized spacial score (nSPS) is 12.6. The molecule has 4 heteroatoms. The Hall–Kier alpha value is -1.81. The molecule has 0 saturated carbocycles. The van der Waals surface area contributed by atoms with Crippen molar-refractivity contribution in [3.05, 3.63) is 48.0 Å². The van der Waals surface area contributed by atoms with E-state index in [0.29, 0.717) is 6.04 Å². The minimum atomic E-state index is 0.275. The molecule has 0 spiro atoms. The topological polar surface area (TPSA) is 39.1 Å². The Labute approximate surface area is 127 Å². The number of benzene rings is 1. The maximum atomic E-state index is 5.47. The van der Waals surface area contributed by atoms with Gasteiger partial charge in [-0.05, 0) is 26.3 Å². The van der Waals surface area contributed by atoms with E-state index in [1.807, 2.05) is 24.7 Å². The number of hydrogen-bond donors (Lipinski definition) is 1. The standard InChI is InChI=1S/C17H25N3O/c1-5-16(15-8-6-7-9-17(15)21-4)19-11-14-10-18-12-20(14)13(2)3/h6-10,12-13,16,19H,5,11H2,1-4H3. The molecular weight excluding hydrogens is 262 g/mol. The summed E-state index contributed by atoms with van der Waals surface area (Å²) < 4.78 is 7.67. The monoisotopic (exact) mass is 287 g/mol. The Morgan fingerprint density at radius 3 is 2.71 bits per heavy atom. The molecule has 1 atom stereocenters. The van der Waals surface area contributed by atoms with E-state index in [4.69, 9.17) is 4.74 Å². The molecule has 1 aromatic heterocycles. The van der Waals surface area contributed by atoms with Crippen LogP contribution >= 0.6 is 0 Å². The molecule has 1 heterocycles. The highest BCUT2D eigenvalue weighted by Gasteiger charge is 2.14. The first-order valence-electron chi connectivity index (χ1n) is 7.54. The predicted molar refractivity (Wildman–Crippen MR) is 85.5 cm³/mol. The summed E-state index contributed by atoms with van der Waals surface area (Å²) in [5.41, 5.74) is 2.41. The van der Waals surface area contributed by atoms with Crippen molar-refractivity contribution in [2.24, 2.45) is 0 Å². The SMILES string of the molecule is CCC(NCc1cncn1C(C)C)c1ccccc1OC. The molecule has 0 saturated heterocycles. The van der Waals surface area contributed by atoms with Gasteiger partial charge in [0.25, 0.3) is 0 Å². The second kappa shape index (κ2) is 7.27. The number of nitrogens with one attached hydrogen (secondary N) is 1. The molecule has 0 bridgehead atoms. The number of imidazole rings is 1. The molecule has 0 aliphatic carbocycles. The van der Waals surface area contributed by atoms with E-state index in [0.717, 1.165) is 18.7 Å². The number of para-hydroxylation sites is 1. The van der Waals surface area contributed by atoms with Crippen molar-refractivity contribution in [2.45, 2.75) is 45.8 Å². The van der Waals surface area contributed by atoms with Crippen LogP contribution in [0.1, 0.15) is 50.5 Å². The summed E-state index contributed by atoms with van der Waals surface area (Å²) in [6, 6.07) is 8.90. The molecule has 0 fully saturated rings. The summed E-state index contributed by atoms with van der Waals surface area (Å²) in [6.45, 7) is 7.32. The lowest BCUT2D eigenvalue weighted by atomic mass is 10.0. The first-order chi connectivity index (χ1) is 10.2. The number of ether oxygens (including phenoxy) is 1. The van der Waals surface area contributed by atoms with Crippen molar-refractivity contribution in [2.75, 3.05) is 7.11 Å². The maximum Gasteiger partial charge on any atom is 0.123 e. The van der Waals surface area contributed by atoms with Crippen LogP contribution in [0.3, 0.4) is 0 Å². The lowest BCUT2D eigenvalue weighted by molar-refractivity contribution is 0.395. The highest BCUT2D eigenvalue weighted by atomic mass is 16.5. The van der Waals surface area contributed by atoms with Gasteiger partial charge in [0.05, 0.1) is 19.1 Å². The zero-order chi connectivity index (χ0) is 15.2. The Balaban J connectivity index is 2.11. The quantitative estimate of drug-likeness (QED) is 0.843. The second-order valence-corrected chi connectivity index (χ2v) is 5.47. The summed E-state index contributed by atoms with van der Waals surface area (Å²) in [5, 5.41) is 3.62. The van der Waals surface area contributed by atoms with Crippen molar-refractivity contribution in [1.82, 2.24) is 14.9 Å². The summed E-state index contributed by atoms with van der Waals surface area (Å²) in [7, 11) is 1.72. The number of aromatic nitrogens is 2. The molecule has 4 nitrogen and oxygen atoms in total. The zero-order valence-corrected chi connectivity index (χ0v) is 13.3. The third-order valence-electron chi connectivity index (χ3n) is 3.75. The van der Waals surface area contributed by atoms with Crippen LogP contribution in [0.15, 0.2) is 36.8 Å². The molecule has 0 aliphatic heterocycles. The van der Waals surface area contributed by atoms with Crippen LogP contribution in [-0.2, 0) is 6.54 Å². The van der Waals surface area contributed by atoms with Gasteiger partial charge < -0.3 is 14.6 Å². The van der Waals surface area contributed by atoms with E-state index in [-0.39, 0.29) is 6.04 Å². The van der Waals surface area contributed by atoms with Crippen LogP contribution in [0.2, 0.25) is 0 Å². The molecule has 1 unspecified atom stereocenters. The molecule has 21 heavy (non-hydrogen) atoms. The zero-order valence-electron chi connectivity index (χ0n) is 13.3. The Morgan fingerprint density at radius 1 is 1.29 bits per heavy atom. The average molecular weight is 287 g/mol. The third kappa shape index (κ3) is 3.64. The van der Waals surface area contributed by atoms with Crippen LogP contribution in [0.5, 0.6) is 5.75 Å². The van der Waals surface area contributed by atoms with Gasteiger partial charge in [-0.2, -0.15) is 0 Å². The summed E-state index contributed by atoms with van der Waals surface area (Å²) in [6.07, 6.45) is 4.84. The average Bonchev–Trinajstić information content (AvgIpc) is 2.97. The highest BCUT2D eigenvalue weighted by molar-refractivity contribution is 5.35. The van der Waals surface area contributed by atoms with Gasteiger partial charge in [-0.15, -0.1) is 0 Å². The number of rotatable bonds is 7. The fourth-order valence-electron chi connectivity index (χ4n) is 2.59. The molecule has 1 N–H and O–H groups in total. The Bertz CT molecular complexity index is 563. The Morgan fingerprint density at radius 2 is 2.05 bits per heavy atom. The maximum absolute atomic E-state index is 5.47. The number of nitrogens with zero attached hydrogens (tertiary/aromatic N) is 2. The first-order valence-corrected chi connectivity index (χ1v) is 7.54. The van der Waals surface area contributed by atoms with Gasteiger partial charge in [-0.25, -0.2) is 4.98 Å². The third-order valence-corrected chi connectivity index (χ3v) is 3.75. The van der Waals surface area contributed by atoms with E-state index >= 15 is 0 Å². The van der Waals surface area contributed by atoms with E-state index < -0.39 is 0 Å². The van der Waals surface area contributed by atoms with Crippen LogP contribution in [0.25, 0.3) is 0 Å². The van der Waals surface area contributed by atoms with Crippen LogP contribution in [0, 0.1) is 0 Å². The van der Waals surface area contributed by atoms with Crippen molar-refractivity contribution in [3.63, 3.8) is 0 Å². The van der Waals surface area contributed by atoms with Crippen molar-refractivity contribution in [3.8, 4) is 5.75 Å². The van der Waals surface area contributed by atoms with Crippen LogP contribution in [0.4, 0.5) is 0 Å². The number of methoxy groups -OCH3 is 1. The minimum Gasteiger partial charge on any atom is -0.496 e. The molecule has 0 amide bonds. The van der Waals surface area contributed by atoms with Crippen molar-refractivity contribution >= 4 is 0 Å². The smallest absolute Gasteiger partial charge is 0.123 e. The first kappa shape index (κ1) is 15.6. The predicted octanol–water partition coefficient (Wildman–Crippen LogP) is 3.71. The van der Waals surface area contributed by atoms with E-state index in [2.05, 4.69) is 47.8 Å². The molecule has 2 aromatic rings. The minimum absolute atomic E-state index is 0.275. The summed E-state index contributed by atoms with van der Waals surface area (Å²) in [5.74, 6) is 0.939. The molecule has 0 radical (unpaired) electrons. The highest BCUT2D eigenvalue weighted by Crippen LogP contribution is 2.27. The lowest BCUT2D eigenvalue weighted by Crippen LogP contribution is -2.22. The van der Waals surface area contributed by atoms with Gasteiger partial charge in [0.15, 0.2) is 0 Å². The van der Waals surface area contributed by atoms with Crippen LogP contribution in [-0.4, -0.2) is 16.7 Å². The molecule has 0 aliphatic rings. The van der Waals surface area contributed by atoms with Crippen molar-refractivity contribution < 1.29 is 4.74 Å². The lowest BCUT2D eigenvalue weighted by Gasteiger charge is -2.21. The van der Waals surface area contributed by atoms with Crippen LogP contribution < -0.4 is 10.1 Å². The molecule has 114 valence electrons. The summed E-state index contributed by atoms with van der Waals surface area (Å²) >= 11 is 0. The molecule has 1 aromatic carbocycles. The molecule has 2 rings (SSSR count). The summed E-state index contributed by atoms with van der Waals surface area (Å²) in [4.78, 5) is 4.25. The van der Waals surface area contributed by atoms with Crippen molar-refractivity contribution in [1.29, 1.82) is 0 Å². The van der Waals surface area contributed by atoms with E-state index in [1.165, 1.54) is 11.3 Å².